The number of nitrogens with one attached hydrogen (secondary N) is 1. The van der Waals surface area contributed by atoms with Gasteiger partial charge in [0.1, 0.15) is 0 Å². The minimum Gasteiger partial charge on any atom is -0.273 e. The predicted molar refractivity (Wildman–Crippen MR) is 51.1 cm³/mol. The molecule has 1 aliphatic heterocycles. The summed E-state index contributed by atoms with van der Waals surface area (Å²) in [5.74, 6) is 0.138. The van der Waals surface area contributed by atoms with Gasteiger partial charge in [-0.05, 0) is 19.1 Å². The smallest absolute Gasteiger partial charge is 0.242 e. The van der Waals surface area contributed by atoms with Gasteiger partial charge < -0.3 is 0 Å². The van der Waals surface area contributed by atoms with E-state index in [-0.39, 0.29) is 11.9 Å². The topological polar surface area (TPSA) is 32.3 Å². The highest BCUT2D eigenvalue weighted by Crippen LogP contribution is 2.17. The molecule has 2 rings (SSSR count). The lowest BCUT2D eigenvalue weighted by Gasteiger charge is -2.16. The Balaban J connectivity index is 2.23. The molecule has 3 nitrogen and oxygen atoms in total. The van der Waals surface area contributed by atoms with Crippen LogP contribution in [-0.4, -0.2) is 11.9 Å². The molecule has 1 aromatic carbocycles. The maximum atomic E-state index is 11.4. The Bertz CT molecular complexity index is 310. The summed E-state index contributed by atoms with van der Waals surface area (Å²) >= 11 is 0. The number of anilines is 1. The zero-order valence-electron chi connectivity index (χ0n) is 7.53. The highest BCUT2D eigenvalue weighted by Gasteiger charge is 2.26. The van der Waals surface area contributed by atoms with Crippen molar-refractivity contribution in [3.63, 3.8) is 0 Å². The van der Waals surface area contributed by atoms with Crippen molar-refractivity contribution in [2.24, 2.45) is 0 Å². The van der Waals surface area contributed by atoms with Crippen molar-refractivity contribution in [1.29, 1.82) is 0 Å². The van der Waals surface area contributed by atoms with E-state index in [4.69, 9.17) is 0 Å². The number of carbonyl (C=O) groups excluding carboxylic acids is 1. The summed E-state index contributed by atoms with van der Waals surface area (Å²) in [7, 11) is 0. The first kappa shape index (κ1) is 8.26. The number of hydrogen-bond acceptors (Lipinski definition) is 2. The molecule has 0 unspecified atom stereocenters. The van der Waals surface area contributed by atoms with Gasteiger partial charge in [-0.1, -0.05) is 18.2 Å². The number of nitrogens with zero attached hydrogens (tertiary/aromatic N) is 1. The summed E-state index contributed by atoms with van der Waals surface area (Å²) in [5, 5.41) is 1.62. The van der Waals surface area contributed by atoms with Gasteiger partial charge in [0.15, 0.2) is 0 Å². The molecule has 1 saturated heterocycles. The van der Waals surface area contributed by atoms with Crippen molar-refractivity contribution < 1.29 is 4.79 Å². The fraction of sp³-hybridized carbons (Fsp3) is 0.300. The molecule has 1 aliphatic rings. The highest BCUT2D eigenvalue weighted by atomic mass is 16.2. The molecule has 0 spiro atoms. The van der Waals surface area contributed by atoms with E-state index in [2.05, 4.69) is 5.43 Å². The van der Waals surface area contributed by atoms with E-state index in [1.54, 1.807) is 5.01 Å². The second kappa shape index (κ2) is 3.18. The van der Waals surface area contributed by atoms with Crippen molar-refractivity contribution in [3.8, 4) is 0 Å². The number of hydrazine groups is 1. The van der Waals surface area contributed by atoms with Crippen LogP contribution in [-0.2, 0) is 4.79 Å². The first-order chi connectivity index (χ1) is 6.27. The zero-order chi connectivity index (χ0) is 9.26. The Morgan fingerprint density at radius 3 is 2.62 bits per heavy atom. The molecule has 68 valence electrons. The van der Waals surface area contributed by atoms with Crippen LogP contribution in [0.5, 0.6) is 0 Å². The van der Waals surface area contributed by atoms with E-state index in [9.17, 15) is 4.79 Å². The fourth-order valence-electron chi connectivity index (χ4n) is 1.49. The molecule has 1 amide bonds. The summed E-state index contributed by atoms with van der Waals surface area (Å²) in [6, 6.07) is 9.87. The van der Waals surface area contributed by atoms with Crippen LogP contribution >= 0.6 is 0 Å². The molecule has 1 fully saturated rings. The highest BCUT2D eigenvalue weighted by molar-refractivity contribution is 5.94. The van der Waals surface area contributed by atoms with E-state index in [0.717, 1.165) is 5.69 Å². The van der Waals surface area contributed by atoms with Crippen molar-refractivity contribution in [3.05, 3.63) is 30.3 Å². The monoisotopic (exact) mass is 176 g/mol. The summed E-state index contributed by atoms with van der Waals surface area (Å²) in [4.78, 5) is 11.4. The van der Waals surface area contributed by atoms with Gasteiger partial charge in [0.25, 0.3) is 0 Å². The first-order valence-corrected chi connectivity index (χ1v) is 4.41. The molecular weight excluding hydrogens is 164 g/mol. The van der Waals surface area contributed by atoms with Crippen LogP contribution in [0.25, 0.3) is 0 Å². The summed E-state index contributed by atoms with van der Waals surface area (Å²) in [6.45, 7) is 2.00. The number of carbonyl (C=O) groups is 1. The molecule has 0 bridgehead atoms. The van der Waals surface area contributed by atoms with Gasteiger partial charge in [0.05, 0.1) is 5.69 Å². The van der Waals surface area contributed by atoms with Gasteiger partial charge in [-0.3, -0.25) is 4.79 Å². The van der Waals surface area contributed by atoms with E-state index in [1.165, 1.54) is 0 Å². The molecule has 13 heavy (non-hydrogen) atoms. The number of para-hydroxylation sites is 1. The molecule has 1 heterocycles. The average Bonchev–Trinajstić information content (AvgIpc) is 2.47. The maximum Gasteiger partial charge on any atom is 0.242 e. The average molecular weight is 176 g/mol. The van der Waals surface area contributed by atoms with Crippen LogP contribution in [0.4, 0.5) is 5.69 Å². The lowest BCUT2D eigenvalue weighted by atomic mass is 10.2. The normalized spacial score (nSPS) is 22.4. The molecule has 1 N–H and O–H groups in total. The van der Waals surface area contributed by atoms with Gasteiger partial charge in [0, 0.05) is 12.5 Å². The minimum absolute atomic E-state index is 0.138. The van der Waals surface area contributed by atoms with Gasteiger partial charge in [-0.2, -0.15) is 0 Å². The lowest BCUT2D eigenvalue weighted by molar-refractivity contribution is -0.117. The largest absolute Gasteiger partial charge is 0.273 e. The second-order valence-electron chi connectivity index (χ2n) is 3.30. The third-order valence-electron chi connectivity index (χ3n) is 2.09. The van der Waals surface area contributed by atoms with Crippen LogP contribution in [0.2, 0.25) is 0 Å². The quantitative estimate of drug-likeness (QED) is 0.699. The van der Waals surface area contributed by atoms with Crippen LogP contribution in [0, 0.1) is 0 Å². The Labute approximate surface area is 77.3 Å². The summed E-state index contributed by atoms with van der Waals surface area (Å²) in [6.07, 6.45) is 0.578. The number of benzene rings is 1. The zero-order valence-corrected chi connectivity index (χ0v) is 7.53. The number of amides is 1. The Morgan fingerprint density at radius 2 is 2.08 bits per heavy atom. The molecule has 0 saturated carbocycles. The third kappa shape index (κ3) is 1.55. The molecule has 1 atom stereocenters. The minimum atomic E-state index is 0.138. The lowest BCUT2D eigenvalue weighted by Crippen LogP contribution is -2.36. The third-order valence-corrected chi connectivity index (χ3v) is 2.09. The van der Waals surface area contributed by atoms with Crippen LogP contribution < -0.4 is 10.4 Å². The number of rotatable bonds is 1. The van der Waals surface area contributed by atoms with Crippen LogP contribution in [0.3, 0.4) is 0 Å². The summed E-state index contributed by atoms with van der Waals surface area (Å²) in [5.41, 5.74) is 4.02. The Morgan fingerprint density at radius 1 is 1.38 bits per heavy atom. The first-order valence-electron chi connectivity index (χ1n) is 4.41. The molecule has 3 heteroatoms. The van der Waals surface area contributed by atoms with Crippen molar-refractivity contribution in [2.75, 3.05) is 5.01 Å². The molecule has 0 aliphatic carbocycles. The Hall–Kier alpha value is -1.35. The molecule has 0 aromatic heterocycles. The Kier molecular flexibility index (Phi) is 2.02. The SMILES string of the molecule is C[C@@H]1CC(=O)N(c2ccccc2)N1. The van der Waals surface area contributed by atoms with Crippen molar-refractivity contribution >= 4 is 11.6 Å². The van der Waals surface area contributed by atoms with E-state index in [0.29, 0.717) is 6.42 Å². The van der Waals surface area contributed by atoms with E-state index in [1.807, 2.05) is 37.3 Å². The molecule has 0 radical (unpaired) electrons. The van der Waals surface area contributed by atoms with E-state index >= 15 is 0 Å². The van der Waals surface area contributed by atoms with Gasteiger partial charge in [-0.25, -0.2) is 10.4 Å². The number of hydrogen-bond donors (Lipinski definition) is 1. The molecule has 1 aromatic rings. The maximum absolute atomic E-state index is 11.4. The van der Waals surface area contributed by atoms with Crippen LogP contribution in [0.15, 0.2) is 30.3 Å². The van der Waals surface area contributed by atoms with E-state index < -0.39 is 0 Å². The second-order valence-corrected chi connectivity index (χ2v) is 3.30. The van der Waals surface area contributed by atoms with Gasteiger partial charge in [0.2, 0.25) is 5.91 Å². The fourth-order valence-corrected chi connectivity index (χ4v) is 1.49. The van der Waals surface area contributed by atoms with Gasteiger partial charge >= 0.3 is 0 Å². The van der Waals surface area contributed by atoms with Gasteiger partial charge in [-0.15, -0.1) is 0 Å². The van der Waals surface area contributed by atoms with Crippen LogP contribution in [0.1, 0.15) is 13.3 Å². The predicted octanol–water partition coefficient (Wildman–Crippen LogP) is 1.32. The van der Waals surface area contributed by atoms with Crippen molar-refractivity contribution in [2.45, 2.75) is 19.4 Å². The summed E-state index contributed by atoms with van der Waals surface area (Å²) < 4.78 is 0. The standard InChI is InChI=1S/C10H12N2O/c1-8-7-10(13)12(11-8)9-5-3-2-4-6-9/h2-6,8,11H,7H2,1H3/t8-/m1/s1. The molecular formula is C10H12N2O. The van der Waals surface area contributed by atoms with Crippen molar-refractivity contribution in [1.82, 2.24) is 5.43 Å².